The number of furan rings is 1. The molecule has 2 heteroatoms. The van der Waals surface area contributed by atoms with Gasteiger partial charge in [-0.1, -0.05) is 6.92 Å². The fourth-order valence-corrected chi connectivity index (χ4v) is 2.18. The fourth-order valence-electron chi connectivity index (χ4n) is 2.18. The Kier molecular flexibility index (Phi) is 2.69. The van der Waals surface area contributed by atoms with Crippen LogP contribution in [0.3, 0.4) is 0 Å². The van der Waals surface area contributed by atoms with Crippen molar-refractivity contribution >= 4 is 0 Å². The van der Waals surface area contributed by atoms with E-state index in [0.717, 1.165) is 5.76 Å². The summed E-state index contributed by atoms with van der Waals surface area (Å²) in [5.74, 6) is 1.14. The molecule has 1 fully saturated rings. The second-order valence-electron chi connectivity index (χ2n) is 3.71. The zero-order valence-electron chi connectivity index (χ0n) is 8.20. The van der Waals surface area contributed by atoms with Gasteiger partial charge in [0.15, 0.2) is 0 Å². The highest BCUT2D eigenvalue weighted by molar-refractivity contribution is 5.06. The number of hydrogen-bond acceptors (Lipinski definition) is 2. The van der Waals surface area contributed by atoms with Crippen LogP contribution in [0.15, 0.2) is 22.8 Å². The third kappa shape index (κ3) is 1.78. The SMILES string of the molecule is CCCN1CCC[C@H]1c1ccco1. The van der Waals surface area contributed by atoms with Gasteiger partial charge in [-0.3, -0.25) is 4.90 Å². The van der Waals surface area contributed by atoms with Crippen molar-refractivity contribution in [2.24, 2.45) is 0 Å². The topological polar surface area (TPSA) is 16.4 Å². The smallest absolute Gasteiger partial charge is 0.120 e. The number of hydrogen-bond donors (Lipinski definition) is 0. The molecule has 0 saturated carbocycles. The van der Waals surface area contributed by atoms with Crippen LogP contribution >= 0.6 is 0 Å². The fraction of sp³-hybridized carbons (Fsp3) is 0.636. The number of nitrogens with zero attached hydrogens (tertiary/aromatic N) is 1. The van der Waals surface area contributed by atoms with Crippen LogP contribution in [0.25, 0.3) is 0 Å². The molecule has 1 saturated heterocycles. The van der Waals surface area contributed by atoms with Crippen LogP contribution in [0.1, 0.15) is 38.0 Å². The van der Waals surface area contributed by atoms with Crippen LogP contribution in [-0.2, 0) is 0 Å². The van der Waals surface area contributed by atoms with E-state index in [0.29, 0.717) is 6.04 Å². The Balaban J connectivity index is 2.05. The highest BCUT2D eigenvalue weighted by Crippen LogP contribution is 2.31. The predicted molar refractivity (Wildman–Crippen MR) is 52.5 cm³/mol. The summed E-state index contributed by atoms with van der Waals surface area (Å²) in [6, 6.07) is 4.63. The molecule has 1 aliphatic rings. The molecule has 72 valence electrons. The summed E-state index contributed by atoms with van der Waals surface area (Å²) in [6.07, 6.45) is 5.58. The molecule has 2 rings (SSSR count). The lowest BCUT2D eigenvalue weighted by Crippen LogP contribution is -2.23. The molecule has 0 N–H and O–H groups in total. The first kappa shape index (κ1) is 8.82. The quantitative estimate of drug-likeness (QED) is 0.709. The van der Waals surface area contributed by atoms with Crippen molar-refractivity contribution < 1.29 is 4.42 Å². The maximum atomic E-state index is 5.45. The molecule has 2 nitrogen and oxygen atoms in total. The minimum Gasteiger partial charge on any atom is -0.468 e. The summed E-state index contributed by atoms with van der Waals surface area (Å²) >= 11 is 0. The zero-order valence-corrected chi connectivity index (χ0v) is 8.20. The van der Waals surface area contributed by atoms with E-state index < -0.39 is 0 Å². The van der Waals surface area contributed by atoms with Gasteiger partial charge in [-0.05, 0) is 44.5 Å². The molecule has 1 atom stereocenters. The van der Waals surface area contributed by atoms with Crippen molar-refractivity contribution in [1.82, 2.24) is 4.90 Å². The maximum absolute atomic E-state index is 5.45. The zero-order chi connectivity index (χ0) is 9.10. The molecule has 0 aromatic carbocycles. The second-order valence-corrected chi connectivity index (χ2v) is 3.71. The van der Waals surface area contributed by atoms with Gasteiger partial charge in [0.05, 0.1) is 12.3 Å². The standard InChI is InChI=1S/C11H17NO/c1-2-7-12-8-3-5-10(12)11-6-4-9-13-11/h4,6,9-10H,2-3,5,7-8H2,1H3/t10-/m0/s1. The molecule has 13 heavy (non-hydrogen) atoms. The minimum absolute atomic E-state index is 0.551. The Morgan fingerprint density at radius 2 is 2.54 bits per heavy atom. The Labute approximate surface area is 79.5 Å². The Hall–Kier alpha value is -0.760. The molecule has 1 aromatic rings. The first-order valence-corrected chi connectivity index (χ1v) is 5.19. The third-order valence-corrected chi connectivity index (χ3v) is 2.75. The van der Waals surface area contributed by atoms with E-state index in [9.17, 15) is 0 Å². The van der Waals surface area contributed by atoms with E-state index in [4.69, 9.17) is 4.42 Å². The molecule has 2 heterocycles. The molecular weight excluding hydrogens is 162 g/mol. The van der Waals surface area contributed by atoms with Gasteiger partial charge in [-0.15, -0.1) is 0 Å². The van der Waals surface area contributed by atoms with E-state index in [2.05, 4.69) is 17.9 Å². The van der Waals surface area contributed by atoms with Crippen molar-refractivity contribution in [3.63, 3.8) is 0 Å². The van der Waals surface area contributed by atoms with Crippen LogP contribution in [0.5, 0.6) is 0 Å². The maximum Gasteiger partial charge on any atom is 0.120 e. The summed E-state index contributed by atoms with van der Waals surface area (Å²) in [5, 5.41) is 0. The second kappa shape index (κ2) is 3.97. The predicted octanol–water partition coefficient (Wildman–Crippen LogP) is 2.83. The third-order valence-electron chi connectivity index (χ3n) is 2.75. The number of likely N-dealkylation sites (tertiary alicyclic amines) is 1. The van der Waals surface area contributed by atoms with Gasteiger partial charge in [0.25, 0.3) is 0 Å². The summed E-state index contributed by atoms with van der Waals surface area (Å²) < 4.78 is 5.45. The van der Waals surface area contributed by atoms with Gasteiger partial charge in [-0.25, -0.2) is 0 Å². The Morgan fingerprint density at radius 1 is 1.62 bits per heavy atom. The molecule has 0 radical (unpaired) electrons. The Bertz CT molecular complexity index is 243. The van der Waals surface area contributed by atoms with Crippen LogP contribution < -0.4 is 0 Å². The minimum atomic E-state index is 0.551. The van der Waals surface area contributed by atoms with Crippen molar-refractivity contribution in [2.75, 3.05) is 13.1 Å². The molecule has 0 aliphatic carbocycles. The van der Waals surface area contributed by atoms with Crippen LogP contribution in [-0.4, -0.2) is 18.0 Å². The van der Waals surface area contributed by atoms with Gasteiger partial charge in [-0.2, -0.15) is 0 Å². The summed E-state index contributed by atoms with van der Waals surface area (Å²) in [7, 11) is 0. The first-order valence-electron chi connectivity index (χ1n) is 5.19. The normalized spacial score (nSPS) is 23.9. The lowest BCUT2D eigenvalue weighted by molar-refractivity contribution is 0.229. The van der Waals surface area contributed by atoms with Gasteiger partial charge < -0.3 is 4.42 Å². The van der Waals surface area contributed by atoms with Crippen LogP contribution in [0, 0.1) is 0 Å². The molecule has 0 unspecified atom stereocenters. The van der Waals surface area contributed by atoms with E-state index in [1.54, 1.807) is 6.26 Å². The summed E-state index contributed by atoms with van der Waals surface area (Å²) in [4.78, 5) is 2.53. The average molecular weight is 179 g/mol. The molecule has 0 amide bonds. The average Bonchev–Trinajstić information content (AvgIpc) is 2.71. The van der Waals surface area contributed by atoms with Gasteiger partial charge >= 0.3 is 0 Å². The largest absolute Gasteiger partial charge is 0.468 e. The molecular formula is C11H17NO. The highest BCUT2D eigenvalue weighted by Gasteiger charge is 2.26. The van der Waals surface area contributed by atoms with Gasteiger partial charge in [0.2, 0.25) is 0 Å². The highest BCUT2D eigenvalue weighted by atomic mass is 16.3. The molecule has 0 bridgehead atoms. The monoisotopic (exact) mass is 179 g/mol. The van der Waals surface area contributed by atoms with Gasteiger partial charge in [0, 0.05) is 0 Å². The van der Waals surface area contributed by atoms with E-state index in [-0.39, 0.29) is 0 Å². The summed E-state index contributed by atoms with van der Waals surface area (Å²) in [5.41, 5.74) is 0. The van der Waals surface area contributed by atoms with Crippen molar-refractivity contribution in [1.29, 1.82) is 0 Å². The van der Waals surface area contributed by atoms with Crippen molar-refractivity contribution in [3.05, 3.63) is 24.2 Å². The number of rotatable bonds is 3. The van der Waals surface area contributed by atoms with E-state index in [1.165, 1.54) is 32.4 Å². The van der Waals surface area contributed by atoms with Crippen LogP contribution in [0.4, 0.5) is 0 Å². The van der Waals surface area contributed by atoms with E-state index >= 15 is 0 Å². The van der Waals surface area contributed by atoms with Crippen molar-refractivity contribution in [3.8, 4) is 0 Å². The first-order chi connectivity index (χ1) is 6.42. The molecule has 1 aromatic heterocycles. The lowest BCUT2D eigenvalue weighted by atomic mass is 10.1. The molecule has 0 spiro atoms. The molecule has 1 aliphatic heterocycles. The Morgan fingerprint density at radius 3 is 3.23 bits per heavy atom. The van der Waals surface area contributed by atoms with E-state index in [1.807, 2.05) is 6.07 Å². The lowest BCUT2D eigenvalue weighted by Gasteiger charge is -2.21. The van der Waals surface area contributed by atoms with Gasteiger partial charge in [0.1, 0.15) is 5.76 Å². The summed E-state index contributed by atoms with van der Waals surface area (Å²) in [6.45, 7) is 4.67. The van der Waals surface area contributed by atoms with Crippen molar-refractivity contribution in [2.45, 2.75) is 32.2 Å². The van der Waals surface area contributed by atoms with Crippen LogP contribution in [0.2, 0.25) is 0 Å².